The second kappa shape index (κ2) is 10.8. The van der Waals surface area contributed by atoms with Gasteiger partial charge in [-0.2, -0.15) is 0 Å². The number of amides is 3. The molecular formula is C23H24N4O6S. The van der Waals surface area contributed by atoms with Gasteiger partial charge in [-0.15, -0.1) is 11.3 Å². The van der Waals surface area contributed by atoms with Gasteiger partial charge in [-0.3, -0.25) is 14.4 Å². The second-order valence-electron chi connectivity index (χ2n) is 7.54. The van der Waals surface area contributed by atoms with Crippen LogP contribution >= 0.6 is 11.3 Å². The Balaban J connectivity index is 1.25. The third-order valence-corrected chi connectivity index (χ3v) is 5.72. The number of furan rings is 1. The van der Waals surface area contributed by atoms with E-state index in [2.05, 4.69) is 15.6 Å². The average molecular weight is 485 g/mol. The molecule has 3 amide bonds. The maximum absolute atomic E-state index is 12.5. The molecule has 11 heteroatoms. The van der Waals surface area contributed by atoms with Crippen molar-refractivity contribution in [3.8, 4) is 11.5 Å². The fourth-order valence-electron chi connectivity index (χ4n) is 3.33. The van der Waals surface area contributed by atoms with Gasteiger partial charge in [0, 0.05) is 18.5 Å². The molecule has 1 aliphatic heterocycles. The van der Waals surface area contributed by atoms with Crippen LogP contribution in [0, 0.1) is 0 Å². The standard InChI is InChI=1S/C23H24N4O6S/c1-2-7-27(22(30)18-4-3-8-31-18)12-21(29)26-23-25-16(13-34-23)10-20(28)24-11-15-5-6-17-19(9-15)33-14-32-17/h3-6,8-9,13H,2,7,10-12,14H2,1H3,(H,24,28)(H,25,26,29). The molecule has 0 saturated carbocycles. The van der Waals surface area contributed by atoms with Crippen molar-refractivity contribution in [3.63, 3.8) is 0 Å². The Kier molecular flexibility index (Phi) is 7.43. The van der Waals surface area contributed by atoms with Gasteiger partial charge in [0.05, 0.1) is 18.4 Å². The molecule has 2 aromatic heterocycles. The first kappa shape index (κ1) is 23.3. The second-order valence-corrected chi connectivity index (χ2v) is 8.40. The average Bonchev–Trinajstić information content (AvgIpc) is 3.59. The number of anilines is 1. The van der Waals surface area contributed by atoms with Crippen LogP contribution in [0.15, 0.2) is 46.4 Å². The van der Waals surface area contributed by atoms with Gasteiger partial charge >= 0.3 is 0 Å². The normalized spacial score (nSPS) is 11.8. The molecule has 10 nitrogen and oxygen atoms in total. The highest BCUT2D eigenvalue weighted by Gasteiger charge is 2.21. The summed E-state index contributed by atoms with van der Waals surface area (Å²) in [5, 5.41) is 7.62. The quantitative estimate of drug-likeness (QED) is 0.454. The molecule has 3 heterocycles. The SMILES string of the molecule is CCCN(CC(=O)Nc1nc(CC(=O)NCc2ccc3c(c2)OCO3)cs1)C(=O)c1ccco1. The van der Waals surface area contributed by atoms with Gasteiger partial charge in [0.15, 0.2) is 22.4 Å². The molecule has 0 atom stereocenters. The van der Waals surface area contributed by atoms with Gasteiger partial charge < -0.3 is 29.4 Å². The number of hydrogen-bond donors (Lipinski definition) is 2. The van der Waals surface area contributed by atoms with Gasteiger partial charge in [-0.1, -0.05) is 13.0 Å². The van der Waals surface area contributed by atoms with Crippen LogP contribution in [0.1, 0.15) is 35.2 Å². The zero-order valence-corrected chi connectivity index (χ0v) is 19.4. The van der Waals surface area contributed by atoms with Crippen LogP contribution in [0.4, 0.5) is 5.13 Å². The minimum atomic E-state index is -0.374. The first-order chi connectivity index (χ1) is 16.5. The number of rotatable bonds is 10. The summed E-state index contributed by atoms with van der Waals surface area (Å²) >= 11 is 1.22. The first-order valence-corrected chi connectivity index (χ1v) is 11.6. The Hall–Kier alpha value is -3.86. The third-order valence-electron chi connectivity index (χ3n) is 4.91. The molecule has 0 bridgehead atoms. The summed E-state index contributed by atoms with van der Waals surface area (Å²) in [7, 11) is 0. The molecular weight excluding hydrogens is 460 g/mol. The highest BCUT2D eigenvalue weighted by molar-refractivity contribution is 7.13. The number of aromatic nitrogens is 1. The van der Waals surface area contributed by atoms with E-state index in [4.69, 9.17) is 13.9 Å². The van der Waals surface area contributed by atoms with Crippen LogP contribution < -0.4 is 20.1 Å². The summed E-state index contributed by atoms with van der Waals surface area (Å²) in [6.45, 7) is 2.76. The third kappa shape index (κ3) is 5.93. The van der Waals surface area contributed by atoms with Crippen LogP contribution in [0.5, 0.6) is 11.5 Å². The number of carbonyl (C=O) groups excluding carboxylic acids is 3. The number of carbonyl (C=O) groups is 3. The predicted molar refractivity (Wildman–Crippen MR) is 124 cm³/mol. The van der Waals surface area contributed by atoms with Gasteiger partial charge in [-0.05, 0) is 36.2 Å². The van der Waals surface area contributed by atoms with E-state index in [9.17, 15) is 14.4 Å². The zero-order chi connectivity index (χ0) is 23.9. The molecule has 1 aliphatic rings. The molecule has 0 aliphatic carbocycles. The number of ether oxygens (including phenoxy) is 2. The molecule has 0 spiro atoms. The molecule has 0 radical (unpaired) electrons. The molecule has 1 aromatic carbocycles. The molecule has 0 fully saturated rings. The molecule has 0 saturated heterocycles. The van der Waals surface area contributed by atoms with Crippen molar-refractivity contribution >= 4 is 34.2 Å². The van der Waals surface area contributed by atoms with Crippen LogP contribution in [0.25, 0.3) is 0 Å². The van der Waals surface area contributed by atoms with E-state index < -0.39 is 0 Å². The fraction of sp³-hybridized carbons (Fsp3) is 0.304. The Morgan fingerprint density at radius 3 is 2.79 bits per heavy atom. The zero-order valence-electron chi connectivity index (χ0n) is 18.5. The lowest BCUT2D eigenvalue weighted by Gasteiger charge is -2.20. The van der Waals surface area contributed by atoms with Gasteiger partial charge in [-0.25, -0.2) is 4.98 Å². The van der Waals surface area contributed by atoms with E-state index in [1.807, 2.05) is 25.1 Å². The summed E-state index contributed by atoms with van der Waals surface area (Å²) < 4.78 is 15.8. The largest absolute Gasteiger partial charge is 0.459 e. The minimum Gasteiger partial charge on any atom is -0.459 e. The van der Waals surface area contributed by atoms with Crippen molar-refractivity contribution in [1.29, 1.82) is 0 Å². The molecule has 178 valence electrons. The molecule has 34 heavy (non-hydrogen) atoms. The van der Waals surface area contributed by atoms with E-state index in [1.165, 1.54) is 22.5 Å². The van der Waals surface area contributed by atoms with Crippen molar-refractivity contribution in [2.24, 2.45) is 0 Å². The number of nitrogens with one attached hydrogen (secondary N) is 2. The topological polar surface area (TPSA) is 123 Å². The highest BCUT2D eigenvalue weighted by atomic mass is 32.1. The van der Waals surface area contributed by atoms with E-state index in [0.29, 0.717) is 41.8 Å². The van der Waals surface area contributed by atoms with Gasteiger partial charge in [0.2, 0.25) is 18.6 Å². The highest BCUT2D eigenvalue weighted by Crippen LogP contribution is 2.32. The van der Waals surface area contributed by atoms with E-state index in [-0.39, 0.29) is 43.2 Å². The summed E-state index contributed by atoms with van der Waals surface area (Å²) in [5.41, 5.74) is 1.44. The number of nitrogens with zero attached hydrogens (tertiary/aromatic N) is 2. The number of thiazole rings is 1. The van der Waals surface area contributed by atoms with Crippen LogP contribution in [-0.4, -0.2) is 47.5 Å². The number of hydrogen-bond acceptors (Lipinski definition) is 8. The predicted octanol–water partition coefficient (Wildman–Crippen LogP) is 2.81. The van der Waals surface area contributed by atoms with Crippen molar-refractivity contribution in [2.45, 2.75) is 26.3 Å². The van der Waals surface area contributed by atoms with Crippen molar-refractivity contribution < 1.29 is 28.3 Å². The van der Waals surface area contributed by atoms with Crippen molar-refractivity contribution in [3.05, 3.63) is 59.0 Å². The van der Waals surface area contributed by atoms with Crippen LogP contribution in [0.3, 0.4) is 0 Å². The lowest BCUT2D eigenvalue weighted by molar-refractivity contribution is -0.120. The van der Waals surface area contributed by atoms with Crippen LogP contribution in [-0.2, 0) is 22.6 Å². The van der Waals surface area contributed by atoms with E-state index in [0.717, 1.165) is 5.56 Å². The number of fused-ring (bicyclic) bond motifs is 1. The van der Waals surface area contributed by atoms with Crippen molar-refractivity contribution in [1.82, 2.24) is 15.2 Å². The van der Waals surface area contributed by atoms with E-state index >= 15 is 0 Å². The minimum absolute atomic E-state index is 0.0792. The smallest absolute Gasteiger partial charge is 0.290 e. The Morgan fingerprint density at radius 2 is 2.00 bits per heavy atom. The van der Waals surface area contributed by atoms with Crippen molar-refractivity contribution in [2.75, 3.05) is 25.2 Å². The van der Waals surface area contributed by atoms with E-state index in [1.54, 1.807) is 17.5 Å². The summed E-state index contributed by atoms with van der Waals surface area (Å²) in [6.07, 6.45) is 2.19. The maximum Gasteiger partial charge on any atom is 0.290 e. The Bertz CT molecular complexity index is 1160. The fourth-order valence-corrected chi connectivity index (χ4v) is 4.06. The molecule has 4 rings (SSSR count). The summed E-state index contributed by atoms with van der Waals surface area (Å²) in [5.74, 6) is 0.622. The number of benzene rings is 1. The van der Waals surface area contributed by atoms with Gasteiger partial charge in [0.25, 0.3) is 5.91 Å². The first-order valence-electron chi connectivity index (χ1n) is 10.7. The Labute approximate surface area is 199 Å². The van der Waals surface area contributed by atoms with Crippen LogP contribution in [0.2, 0.25) is 0 Å². The van der Waals surface area contributed by atoms with Gasteiger partial charge in [0.1, 0.15) is 6.54 Å². The molecule has 2 N–H and O–H groups in total. The maximum atomic E-state index is 12.5. The summed E-state index contributed by atoms with van der Waals surface area (Å²) in [4.78, 5) is 43.0. The summed E-state index contributed by atoms with van der Waals surface area (Å²) in [6, 6.07) is 8.69. The molecule has 3 aromatic rings. The lowest BCUT2D eigenvalue weighted by Crippen LogP contribution is -2.38. The molecule has 0 unspecified atom stereocenters. The Morgan fingerprint density at radius 1 is 1.15 bits per heavy atom. The lowest BCUT2D eigenvalue weighted by atomic mass is 10.2. The monoisotopic (exact) mass is 484 g/mol.